The van der Waals surface area contributed by atoms with E-state index < -0.39 is 11.2 Å². The third-order valence-electron chi connectivity index (χ3n) is 6.79. The van der Waals surface area contributed by atoms with Crippen LogP contribution < -0.4 is 16.1 Å². The van der Waals surface area contributed by atoms with Gasteiger partial charge in [-0.15, -0.1) is 0 Å². The summed E-state index contributed by atoms with van der Waals surface area (Å²) in [6.07, 6.45) is 0. The van der Waals surface area contributed by atoms with E-state index in [1.165, 1.54) is 21.3 Å². The van der Waals surface area contributed by atoms with Gasteiger partial charge in [-0.3, -0.25) is 23.8 Å². The summed E-state index contributed by atoms with van der Waals surface area (Å²) in [5.41, 5.74) is 4.83. The van der Waals surface area contributed by atoms with Gasteiger partial charge in [0.2, 0.25) is 5.95 Å². The normalized spacial score (nSPS) is 14.7. The fraction of sp³-hybridized carbons (Fsp3) is 0.346. The molecule has 2 aromatic carbocycles. The molecule has 9 heteroatoms. The molecule has 1 fully saturated rings. The first kappa shape index (κ1) is 23.4. The second-order valence-electron chi connectivity index (χ2n) is 9.31. The molecule has 4 aromatic rings. The van der Waals surface area contributed by atoms with E-state index in [2.05, 4.69) is 46.8 Å². The average Bonchev–Trinajstić information content (AvgIpc) is 3.22. The van der Waals surface area contributed by atoms with E-state index in [4.69, 9.17) is 16.6 Å². The molecule has 0 atom stereocenters. The number of H-pyrrole nitrogens is 1. The summed E-state index contributed by atoms with van der Waals surface area (Å²) in [5.74, 6) is 0.702. The van der Waals surface area contributed by atoms with E-state index in [-0.39, 0.29) is 0 Å². The van der Waals surface area contributed by atoms with Crippen molar-refractivity contribution in [1.29, 1.82) is 0 Å². The summed E-state index contributed by atoms with van der Waals surface area (Å²) in [7, 11) is 1.63. The summed E-state index contributed by atoms with van der Waals surface area (Å²) in [6.45, 7) is 8.97. The van der Waals surface area contributed by atoms with Crippen LogP contribution in [0.25, 0.3) is 11.2 Å². The Labute approximate surface area is 208 Å². The highest BCUT2D eigenvalue weighted by molar-refractivity contribution is 6.30. The zero-order chi connectivity index (χ0) is 24.7. The van der Waals surface area contributed by atoms with Crippen LogP contribution in [0.5, 0.6) is 0 Å². The largest absolute Gasteiger partial charge is 0.340 e. The summed E-state index contributed by atoms with van der Waals surface area (Å²) < 4.78 is 3.31. The van der Waals surface area contributed by atoms with Crippen molar-refractivity contribution in [3.63, 3.8) is 0 Å². The van der Waals surface area contributed by atoms with Gasteiger partial charge in [0.25, 0.3) is 5.56 Å². The van der Waals surface area contributed by atoms with Crippen molar-refractivity contribution < 1.29 is 0 Å². The van der Waals surface area contributed by atoms with Gasteiger partial charge in [-0.2, -0.15) is 4.98 Å². The molecule has 1 N–H and O–H groups in total. The topological polar surface area (TPSA) is 79.2 Å². The number of nitrogens with one attached hydrogen (secondary N) is 1. The maximum absolute atomic E-state index is 12.9. The Bertz CT molecular complexity index is 1490. The van der Waals surface area contributed by atoms with E-state index in [1.807, 2.05) is 28.8 Å². The fourth-order valence-corrected chi connectivity index (χ4v) is 4.83. The van der Waals surface area contributed by atoms with Gasteiger partial charge in [-0.1, -0.05) is 47.5 Å². The molecule has 0 amide bonds. The minimum absolute atomic E-state index is 0.389. The number of halogens is 1. The zero-order valence-corrected chi connectivity index (χ0v) is 21.0. The summed E-state index contributed by atoms with van der Waals surface area (Å²) in [4.78, 5) is 37.0. The molecule has 0 spiro atoms. The third kappa shape index (κ3) is 4.63. The summed E-state index contributed by atoms with van der Waals surface area (Å²) in [5, 5.41) is 0.657. The fourth-order valence-electron chi connectivity index (χ4n) is 4.70. The van der Waals surface area contributed by atoms with Crippen LogP contribution in [0, 0.1) is 13.8 Å². The van der Waals surface area contributed by atoms with Crippen LogP contribution in [0.2, 0.25) is 5.02 Å². The highest BCUT2D eigenvalue weighted by Crippen LogP contribution is 2.24. The van der Waals surface area contributed by atoms with Crippen molar-refractivity contribution >= 4 is 28.7 Å². The highest BCUT2D eigenvalue weighted by Gasteiger charge is 2.25. The monoisotopic (exact) mass is 492 g/mol. The molecule has 0 aliphatic carbocycles. The molecule has 3 heterocycles. The lowest BCUT2D eigenvalue weighted by atomic mass is 10.0. The molecule has 1 aliphatic heterocycles. The first-order valence-corrected chi connectivity index (χ1v) is 12.2. The molecule has 0 radical (unpaired) electrons. The first-order chi connectivity index (χ1) is 16.8. The second kappa shape index (κ2) is 9.36. The van der Waals surface area contributed by atoms with Crippen molar-refractivity contribution in [2.24, 2.45) is 7.05 Å². The first-order valence-electron chi connectivity index (χ1n) is 11.8. The number of imidazole rings is 1. The van der Waals surface area contributed by atoms with Gasteiger partial charge in [-0.05, 0) is 42.7 Å². The zero-order valence-electron chi connectivity index (χ0n) is 20.2. The molecule has 0 saturated carbocycles. The molecule has 8 nitrogen and oxygen atoms in total. The molecule has 35 heavy (non-hydrogen) atoms. The molecule has 1 aliphatic rings. The minimum atomic E-state index is -0.469. The van der Waals surface area contributed by atoms with Crippen molar-refractivity contribution in [3.8, 4) is 0 Å². The second-order valence-corrected chi connectivity index (χ2v) is 9.74. The number of aromatic amines is 1. The van der Waals surface area contributed by atoms with E-state index in [0.29, 0.717) is 28.7 Å². The number of nitrogens with zero attached hydrogens (tertiary/aromatic N) is 5. The Balaban J connectivity index is 1.46. The standard InChI is InChI=1S/C26H29ClN6O2/c1-17-4-5-18(2)20(14-17)16-31-10-12-32(13-11-31)25-28-23-22(24(34)29-26(35)30(23)3)33(25)15-19-6-8-21(27)9-7-19/h4-9,14H,10-13,15-16H2,1-3H3,(H,29,34,35). The summed E-state index contributed by atoms with van der Waals surface area (Å²) >= 11 is 6.07. The van der Waals surface area contributed by atoms with E-state index in [1.54, 1.807) is 7.05 Å². The molecule has 0 unspecified atom stereocenters. The van der Waals surface area contributed by atoms with Gasteiger partial charge in [-0.25, -0.2) is 4.79 Å². The molecule has 2 aromatic heterocycles. The SMILES string of the molecule is Cc1ccc(C)c(CN2CCN(c3nc4c(c(=O)[nH]c(=O)n4C)n3Cc3ccc(Cl)cc3)CC2)c1. The van der Waals surface area contributed by atoms with Crippen LogP contribution in [0.3, 0.4) is 0 Å². The van der Waals surface area contributed by atoms with Crippen LogP contribution in [0.4, 0.5) is 5.95 Å². The number of rotatable bonds is 5. The number of aromatic nitrogens is 4. The number of aryl methyl sites for hydroxylation is 3. The van der Waals surface area contributed by atoms with Crippen molar-refractivity contribution in [2.45, 2.75) is 26.9 Å². The lowest BCUT2D eigenvalue weighted by Crippen LogP contribution is -2.47. The average molecular weight is 493 g/mol. The molecule has 5 rings (SSSR count). The Morgan fingerprint density at radius 3 is 2.40 bits per heavy atom. The number of hydrogen-bond acceptors (Lipinski definition) is 5. The molecule has 1 saturated heterocycles. The van der Waals surface area contributed by atoms with Crippen LogP contribution in [0.1, 0.15) is 22.3 Å². The van der Waals surface area contributed by atoms with Gasteiger partial charge >= 0.3 is 5.69 Å². The van der Waals surface area contributed by atoms with E-state index >= 15 is 0 Å². The Hall–Kier alpha value is -3.36. The van der Waals surface area contributed by atoms with Gasteiger partial charge in [0, 0.05) is 44.8 Å². The maximum atomic E-state index is 12.9. The number of anilines is 1. The molecular formula is C26H29ClN6O2. The van der Waals surface area contributed by atoms with Gasteiger partial charge in [0.1, 0.15) is 0 Å². The predicted octanol–water partition coefficient (Wildman–Crippen LogP) is 3.06. The molecule has 0 bridgehead atoms. The van der Waals surface area contributed by atoms with Crippen molar-refractivity contribution in [2.75, 3.05) is 31.1 Å². The smallest absolute Gasteiger partial charge is 0.329 e. The minimum Gasteiger partial charge on any atom is -0.340 e. The predicted molar refractivity (Wildman–Crippen MR) is 140 cm³/mol. The van der Waals surface area contributed by atoms with Crippen LogP contribution in [0.15, 0.2) is 52.1 Å². The Morgan fingerprint density at radius 2 is 1.69 bits per heavy atom. The quantitative estimate of drug-likeness (QED) is 0.463. The third-order valence-corrected chi connectivity index (χ3v) is 7.05. The van der Waals surface area contributed by atoms with Gasteiger partial charge in [0.05, 0.1) is 6.54 Å². The van der Waals surface area contributed by atoms with Crippen molar-refractivity contribution in [3.05, 3.63) is 90.6 Å². The van der Waals surface area contributed by atoms with E-state index in [9.17, 15) is 9.59 Å². The lowest BCUT2D eigenvalue weighted by molar-refractivity contribution is 0.248. The number of hydrogen-bond donors (Lipinski definition) is 1. The Kier molecular flexibility index (Phi) is 6.25. The van der Waals surface area contributed by atoms with Crippen molar-refractivity contribution in [1.82, 2.24) is 24.0 Å². The van der Waals surface area contributed by atoms with Crippen LogP contribution in [-0.2, 0) is 20.1 Å². The van der Waals surface area contributed by atoms with E-state index in [0.717, 1.165) is 38.3 Å². The Morgan fingerprint density at radius 1 is 0.971 bits per heavy atom. The number of fused-ring (bicyclic) bond motifs is 1. The van der Waals surface area contributed by atoms with Crippen LogP contribution in [-0.4, -0.2) is 50.2 Å². The van der Waals surface area contributed by atoms with Crippen LogP contribution >= 0.6 is 11.6 Å². The molecular weight excluding hydrogens is 464 g/mol. The maximum Gasteiger partial charge on any atom is 0.329 e. The summed E-state index contributed by atoms with van der Waals surface area (Å²) in [6, 6.07) is 14.1. The van der Waals surface area contributed by atoms with Gasteiger partial charge < -0.3 is 4.90 Å². The molecule has 182 valence electrons. The highest BCUT2D eigenvalue weighted by atomic mass is 35.5. The lowest BCUT2D eigenvalue weighted by Gasteiger charge is -2.35. The van der Waals surface area contributed by atoms with Gasteiger partial charge in [0.15, 0.2) is 11.2 Å². The number of benzene rings is 2. The number of piperazine rings is 1.